The molecule has 1 aliphatic rings. The van der Waals surface area contributed by atoms with E-state index < -0.39 is 0 Å². The molecule has 1 aliphatic carbocycles. The van der Waals surface area contributed by atoms with Crippen LogP contribution in [0.3, 0.4) is 0 Å². The van der Waals surface area contributed by atoms with Gasteiger partial charge >= 0.3 is 0 Å². The number of hydrogen-bond donors (Lipinski definition) is 0. The summed E-state index contributed by atoms with van der Waals surface area (Å²) in [6.45, 7) is 15.6. The van der Waals surface area contributed by atoms with Crippen LogP contribution in [-0.2, 0) is 0 Å². The third-order valence-electron chi connectivity index (χ3n) is 2.24. The SMILES string of the molecule is [CH]C1C=CC([CH])C1(C)C. The van der Waals surface area contributed by atoms with Crippen LogP contribution in [0.4, 0.5) is 0 Å². The van der Waals surface area contributed by atoms with Crippen LogP contribution in [0.5, 0.6) is 0 Å². The van der Waals surface area contributed by atoms with Gasteiger partial charge in [-0.25, -0.2) is 0 Å². The van der Waals surface area contributed by atoms with E-state index in [-0.39, 0.29) is 17.3 Å². The summed E-state index contributed by atoms with van der Waals surface area (Å²) < 4.78 is 0. The summed E-state index contributed by atoms with van der Waals surface area (Å²) in [7, 11) is 0. The summed E-state index contributed by atoms with van der Waals surface area (Å²) in [6, 6.07) is 0. The Kier molecular flexibility index (Phi) is 1.42. The van der Waals surface area contributed by atoms with Gasteiger partial charge in [0.15, 0.2) is 0 Å². The minimum atomic E-state index is 0.0556. The molecule has 0 aromatic heterocycles. The van der Waals surface area contributed by atoms with E-state index in [0.29, 0.717) is 0 Å². The minimum Gasteiger partial charge on any atom is -0.0843 e. The highest BCUT2D eigenvalue weighted by Crippen LogP contribution is 2.41. The Bertz CT molecular complexity index is 117. The smallest absolute Gasteiger partial charge is 0.0142 e. The van der Waals surface area contributed by atoms with Crippen LogP contribution in [-0.4, -0.2) is 0 Å². The first kappa shape index (κ1) is 6.85. The molecule has 0 bridgehead atoms. The molecule has 0 aromatic rings. The van der Waals surface area contributed by atoms with E-state index in [9.17, 15) is 0 Å². The van der Waals surface area contributed by atoms with Crippen molar-refractivity contribution < 1.29 is 0 Å². The number of hydrogen-bond acceptors (Lipinski definition) is 0. The van der Waals surface area contributed by atoms with Crippen LogP contribution in [0.15, 0.2) is 12.2 Å². The lowest BCUT2D eigenvalue weighted by Crippen LogP contribution is -2.22. The van der Waals surface area contributed by atoms with Crippen molar-refractivity contribution >= 4 is 0 Å². The van der Waals surface area contributed by atoms with Gasteiger partial charge in [0.05, 0.1) is 0 Å². The molecule has 2 unspecified atom stereocenters. The highest BCUT2D eigenvalue weighted by atomic mass is 14.4. The highest BCUT2D eigenvalue weighted by molar-refractivity contribution is 5.12. The molecule has 0 saturated heterocycles. The van der Waals surface area contributed by atoms with Gasteiger partial charge in [-0.3, -0.25) is 0 Å². The van der Waals surface area contributed by atoms with E-state index in [1.807, 2.05) is 12.2 Å². The van der Waals surface area contributed by atoms with Gasteiger partial charge in [0.1, 0.15) is 0 Å². The van der Waals surface area contributed by atoms with Crippen molar-refractivity contribution in [3.63, 3.8) is 0 Å². The maximum Gasteiger partial charge on any atom is -0.0142 e. The van der Waals surface area contributed by atoms with Crippen LogP contribution < -0.4 is 0 Å². The second-order valence-electron chi connectivity index (χ2n) is 3.26. The van der Waals surface area contributed by atoms with E-state index >= 15 is 0 Å². The first-order chi connectivity index (χ1) is 4.05. The summed E-state index contributed by atoms with van der Waals surface area (Å²) in [5, 5.41) is 0. The molecule has 0 spiro atoms. The zero-order chi connectivity index (χ0) is 7.07. The first-order valence-corrected chi connectivity index (χ1v) is 3.24. The molecule has 1 rings (SSSR count). The molecule has 2 atom stereocenters. The Morgan fingerprint density at radius 2 is 1.44 bits per heavy atom. The molecule has 4 radical (unpaired) electrons. The molecular formula is C9H12. The fourth-order valence-electron chi connectivity index (χ4n) is 0.958. The highest BCUT2D eigenvalue weighted by Gasteiger charge is 2.33. The standard InChI is InChI=1S/C9H12/c1-7-5-6-8(2)9(7,3)4/h1-2,5-8H,3-4H3. The van der Waals surface area contributed by atoms with Gasteiger partial charge in [-0.15, -0.1) is 0 Å². The van der Waals surface area contributed by atoms with Crippen LogP contribution in [0.2, 0.25) is 0 Å². The van der Waals surface area contributed by atoms with Crippen LogP contribution in [0.1, 0.15) is 13.8 Å². The lowest BCUT2D eigenvalue weighted by Gasteiger charge is -2.28. The zero-order valence-electron chi connectivity index (χ0n) is 5.96. The molecule has 0 heteroatoms. The molecule has 0 nitrogen and oxygen atoms in total. The first-order valence-electron chi connectivity index (χ1n) is 3.24. The third-order valence-corrected chi connectivity index (χ3v) is 2.24. The second-order valence-corrected chi connectivity index (χ2v) is 3.26. The lowest BCUT2D eigenvalue weighted by molar-refractivity contribution is 0.270. The fourth-order valence-corrected chi connectivity index (χ4v) is 0.958. The molecule has 0 N–H and O–H groups in total. The molecule has 0 amide bonds. The maximum absolute atomic E-state index is 5.74. The summed E-state index contributed by atoms with van der Waals surface area (Å²) in [4.78, 5) is 0. The molecule has 0 fully saturated rings. The molecule has 0 aliphatic heterocycles. The Balaban J connectivity index is 2.76. The lowest BCUT2D eigenvalue weighted by atomic mass is 9.76. The molecule has 0 aromatic carbocycles. The van der Waals surface area contributed by atoms with Gasteiger partial charge in [0.2, 0.25) is 0 Å². The summed E-state index contributed by atoms with van der Waals surface area (Å²) in [5.41, 5.74) is 0.0556. The van der Waals surface area contributed by atoms with Gasteiger partial charge in [0.25, 0.3) is 0 Å². The Labute approximate surface area is 58.0 Å². The summed E-state index contributed by atoms with van der Waals surface area (Å²) in [5.74, 6) is 0.264. The normalized spacial score (nSPS) is 39.6. The molecular weight excluding hydrogens is 108 g/mol. The van der Waals surface area contributed by atoms with Crippen molar-refractivity contribution in [1.82, 2.24) is 0 Å². The van der Waals surface area contributed by atoms with E-state index in [2.05, 4.69) is 13.8 Å². The van der Waals surface area contributed by atoms with Gasteiger partial charge in [-0.05, 0) is 31.1 Å². The van der Waals surface area contributed by atoms with Gasteiger partial charge < -0.3 is 0 Å². The van der Waals surface area contributed by atoms with Crippen molar-refractivity contribution in [2.24, 2.45) is 17.3 Å². The van der Waals surface area contributed by atoms with Crippen LogP contribution in [0.25, 0.3) is 0 Å². The molecule has 48 valence electrons. The van der Waals surface area contributed by atoms with Gasteiger partial charge in [0, 0.05) is 0 Å². The average Bonchev–Trinajstić information content (AvgIpc) is 1.96. The van der Waals surface area contributed by atoms with E-state index in [0.717, 1.165) is 0 Å². The van der Waals surface area contributed by atoms with E-state index in [1.165, 1.54) is 0 Å². The average molecular weight is 120 g/mol. The number of rotatable bonds is 0. The van der Waals surface area contributed by atoms with Crippen molar-refractivity contribution in [3.8, 4) is 0 Å². The predicted molar refractivity (Wildman–Crippen MR) is 38.5 cm³/mol. The van der Waals surface area contributed by atoms with Crippen molar-refractivity contribution in [3.05, 3.63) is 26.0 Å². The van der Waals surface area contributed by atoms with Crippen molar-refractivity contribution in [2.75, 3.05) is 0 Å². The van der Waals surface area contributed by atoms with Crippen molar-refractivity contribution in [1.29, 1.82) is 0 Å². The Morgan fingerprint density at radius 1 is 1.11 bits per heavy atom. The number of allylic oxidation sites excluding steroid dienone is 2. The van der Waals surface area contributed by atoms with Gasteiger partial charge in [-0.1, -0.05) is 26.0 Å². The Morgan fingerprint density at radius 3 is 1.56 bits per heavy atom. The topological polar surface area (TPSA) is 0 Å². The minimum absolute atomic E-state index is 0.0556. The fraction of sp³-hybridized carbons (Fsp3) is 0.556. The van der Waals surface area contributed by atoms with Crippen molar-refractivity contribution in [2.45, 2.75) is 13.8 Å². The van der Waals surface area contributed by atoms with Gasteiger partial charge in [-0.2, -0.15) is 0 Å². The summed E-state index contributed by atoms with van der Waals surface area (Å²) >= 11 is 0. The molecule has 0 heterocycles. The Hall–Kier alpha value is -0.260. The predicted octanol–water partition coefficient (Wildman–Crippen LogP) is 2.24. The monoisotopic (exact) mass is 120 g/mol. The second kappa shape index (κ2) is 1.86. The third kappa shape index (κ3) is 0.910. The van der Waals surface area contributed by atoms with Crippen LogP contribution in [0, 0.1) is 31.1 Å². The molecule has 0 saturated carbocycles. The van der Waals surface area contributed by atoms with E-state index in [1.54, 1.807) is 0 Å². The quantitative estimate of drug-likeness (QED) is 0.430. The van der Waals surface area contributed by atoms with Crippen LogP contribution >= 0.6 is 0 Å². The maximum atomic E-state index is 5.74. The largest absolute Gasteiger partial charge is 0.0843 e. The zero-order valence-corrected chi connectivity index (χ0v) is 5.96. The van der Waals surface area contributed by atoms with E-state index in [4.69, 9.17) is 13.8 Å². The molecule has 9 heavy (non-hydrogen) atoms. The summed E-state index contributed by atoms with van der Waals surface area (Å²) in [6.07, 6.45) is 3.95.